The summed E-state index contributed by atoms with van der Waals surface area (Å²) in [6.45, 7) is 0. The van der Waals surface area contributed by atoms with E-state index in [0.29, 0.717) is 0 Å². The van der Waals surface area contributed by atoms with E-state index in [1.165, 1.54) is 37.7 Å². The molecule has 10 heavy (non-hydrogen) atoms. The van der Waals surface area contributed by atoms with E-state index in [0.717, 1.165) is 5.92 Å². The first-order chi connectivity index (χ1) is 4.97. The molecule has 1 radical (unpaired) electrons. The van der Waals surface area contributed by atoms with Crippen LogP contribution in [0.25, 0.3) is 0 Å². The second-order valence-corrected chi connectivity index (χ2v) is 3.13. The summed E-state index contributed by atoms with van der Waals surface area (Å²) in [5.41, 5.74) is 1.48. The smallest absolute Gasteiger partial charge is 0.0876 e. The third-order valence-corrected chi connectivity index (χ3v) is 2.43. The molecule has 1 saturated carbocycles. The number of hydrogen-bond donors (Lipinski definition) is 0. The van der Waals surface area contributed by atoms with Crippen LogP contribution in [0.3, 0.4) is 0 Å². The van der Waals surface area contributed by atoms with Gasteiger partial charge in [0.1, 0.15) is 0 Å². The van der Waals surface area contributed by atoms with Crippen molar-refractivity contribution in [3.63, 3.8) is 0 Å². The van der Waals surface area contributed by atoms with Crippen LogP contribution in [0.2, 0.25) is 0 Å². The molecular weight excluding hydrogens is 122 g/mol. The van der Waals surface area contributed by atoms with Crippen LogP contribution in [0, 0.1) is 12.1 Å². The van der Waals surface area contributed by atoms with Crippen molar-refractivity contribution in [2.75, 3.05) is 0 Å². The van der Waals surface area contributed by atoms with Gasteiger partial charge in [-0.3, -0.25) is 4.99 Å². The molecule has 1 heterocycles. The van der Waals surface area contributed by atoms with Crippen molar-refractivity contribution in [1.82, 2.24) is 0 Å². The van der Waals surface area contributed by atoms with Gasteiger partial charge < -0.3 is 0 Å². The number of allylic oxidation sites excluding steroid dienone is 1. The minimum absolute atomic E-state index is 0.811. The highest BCUT2D eigenvalue weighted by molar-refractivity contribution is 5.60. The van der Waals surface area contributed by atoms with Gasteiger partial charge in [0.05, 0.1) is 6.20 Å². The predicted molar refractivity (Wildman–Crippen MR) is 41.8 cm³/mol. The van der Waals surface area contributed by atoms with E-state index in [-0.39, 0.29) is 0 Å². The van der Waals surface area contributed by atoms with E-state index < -0.39 is 0 Å². The zero-order chi connectivity index (χ0) is 6.81. The topological polar surface area (TPSA) is 12.4 Å². The van der Waals surface area contributed by atoms with E-state index in [4.69, 9.17) is 0 Å². The SMILES string of the molecule is [C]1=C2CCCCC2CC=N1. The molecule has 1 heteroatoms. The number of nitrogens with zero attached hydrogens (tertiary/aromatic N) is 1. The Bertz CT molecular complexity index is 179. The molecule has 1 fully saturated rings. The summed E-state index contributed by atoms with van der Waals surface area (Å²) < 4.78 is 0. The molecule has 2 rings (SSSR count). The fourth-order valence-corrected chi connectivity index (χ4v) is 1.80. The lowest BCUT2D eigenvalue weighted by molar-refractivity contribution is 0.459. The van der Waals surface area contributed by atoms with Gasteiger partial charge in [0.2, 0.25) is 0 Å². The summed E-state index contributed by atoms with van der Waals surface area (Å²) >= 11 is 0. The van der Waals surface area contributed by atoms with E-state index in [1.807, 2.05) is 6.21 Å². The average molecular weight is 134 g/mol. The van der Waals surface area contributed by atoms with E-state index in [1.54, 1.807) is 0 Å². The maximum atomic E-state index is 4.05. The van der Waals surface area contributed by atoms with E-state index in [9.17, 15) is 0 Å². The molecule has 1 atom stereocenters. The van der Waals surface area contributed by atoms with Crippen molar-refractivity contribution in [2.45, 2.75) is 32.1 Å². The molecule has 53 valence electrons. The molecule has 0 amide bonds. The molecule has 0 aromatic heterocycles. The molecule has 1 aliphatic heterocycles. The summed E-state index contributed by atoms with van der Waals surface area (Å²) in [6.07, 6.45) is 11.7. The zero-order valence-corrected chi connectivity index (χ0v) is 6.14. The van der Waals surface area contributed by atoms with Gasteiger partial charge in [0.25, 0.3) is 0 Å². The third kappa shape index (κ3) is 1.00. The lowest BCUT2D eigenvalue weighted by atomic mass is 9.82. The van der Waals surface area contributed by atoms with Crippen molar-refractivity contribution in [1.29, 1.82) is 0 Å². The van der Waals surface area contributed by atoms with Crippen LogP contribution in [0.4, 0.5) is 0 Å². The first-order valence-electron chi connectivity index (χ1n) is 4.10. The summed E-state index contributed by atoms with van der Waals surface area (Å²) in [4.78, 5) is 4.05. The first-order valence-corrected chi connectivity index (χ1v) is 4.10. The highest BCUT2D eigenvalue weighted by Crippen LogP contribution is 2.32. The lowest BCUT2D eigenvalue weighted by Crippen LogP contribution is -2.12. The van der Waals surface area contributed by atoms with Gasteiger partial charge in [-0.2, -0.15) is 0 Å². The normalized spacial score (nSPS) is 31.2. The largest absolute Gasteiger partial charge is 0.259 e. The standard InChI is InChI=1S/C9H12N/c1-2-4-9-7-10-6-5-8(9)3-1/h6,8H,1-5H2. The highest BCUT2D eigenvalue weighted by Gasteiger charge is 2.19. The monoisotopic (exact) mass is 134 g/mol. The Kier molecular flexibility index (Phi) is 1.58. The van der Waals surface area contributed by atoms with Gasteiger partial charge in [-0.15, -0.1) is 0 Å². The van der Waals surface area contributed by atoms with Gasteiger partial charge in [-0.1, -0.05) is 6.42 Å². The predicted octanol–water partition coefficient (Wildman–Crippen LogP) is 2.34. The number of fused-ring (bicyclic) bond motifs is 1. The summed E-state index contributed by atoms with van der Waals surface area (Å²) in [6, 6.07) is 0. The quantitative estimate of drug-likeness (QED) is 0.482. The molecule has 1 nitrogen and oxygen atoms in total. The van der Waals surface area contributed by atoms with Crippen LogP contribution in [0.5, 0.6) is 0 Å². The van der Waals surface area contributed by atoms with Gasteiger partial charge in [-0.05, 0) is 37.2 Å². The molecule has 0 saturated heterocycles. The van der Waals surface area contributed by atoms with Crippen LogP contribution in [0.1, 0.15) is 32.1 Å². The molecule has 0 aromatic carbocycles. The Morgan fingerprint density at radius 1 is 1.50 bits per heavy atom. The molecule has 1 unspecified atom stereocenters. The lowest BCUT2D eigenvalue weighted by Gasteiger charge is -2.24. The second-order valence-electron chi connectivity index (χ2n) is 3.13. The molecular formula is C9H12N. The Labute approximate surface area is 61.9 Å². The Morgan fingerprint density at radius 3 is 3.40 bits per heavy atom. The van der Waals surface area contributed by atoms with Crippen molar-refractivity contribution < 1.29 is 0 Å². The Hall–Kier alpha value is -0.590. The summed E-state index contributed by atoms with van der Waals surface area (Å²) in [7, 11) is 0. The third-order valence-electron chi connectivity index (χ3n) is 2.43. The number of aliphatic imine (C=N–C) groups is 1. The van der Waals surface area contributed by atoms with Gasteiger partial charge in [-0.25, -0.2) is 0 Å². The first kappa shape index (κ1) is 6.14. The number of hydrogen-bond acceptors (Lipinski definition) is 1. The molecule has 0 N–H and O–H groups in total. The highest BCUT2D eigenvalue weighted by atomic mass is 14.7. The molecule has 0 bridgehead atoms. The van der Waals surface area contributed by atoms with Gasteiger partial charge in [0, 0.05) is 6.21 Å². The maximum Gasteiger partial charge on any atom is 0.0876 e. The zero-order valence-electron chi connectivity index (χ0n) is 6.14. The summed E-state index contributed by atoms with van der Waals surface area (Å²) in [5, 5.41) is 0. The van der Waals surface area contributed by atoms with Gasteiger partial charge >= 0.3 is 0 Å². The maximum absolute atomic E-state index is 4.05. The molecule has 2 aliphatic rings. The van der Waals surface area contributed by atoms with Crippen molar-refractivity contribution >= 4 is 6.21 Å². The van der Waals surface area contributed by atoms with Crippen LogP contribution in [-0.2, 0) is 0 Å². The molecule has 0 spiro atoms. The minimum Gasteiger partial charge on any atom is -0.259 e. The fraction of sp³-hybridized carbons (Fsp3) is 0.667. The fourth-order valence-electron chi connectivity index (χ4n) is 1.80. The van der Waals surface area contributed by atoms with E-state index in [2.05, 4.69) is 11.2 Å². The van der Waals surface area contributed by atoms with Crippen LogP contribution < -0.4 is 0 Å². The average Bonchev–Trinajstić information content (AvgIpc) is 2.05. The Balaban J connectivity index is 2.14. The second kappa shape index (κ2) is 2.57. The van der Waals surface area contributed by atoms with Crippen molar-refractivity contribution in [2.24, 2.45) is 10.9 Å². The molecule has 0 aromatic rings. The number of rotatable bonds is 0. The minimum atomic E-state index is 0.811. The van der Waals surface area contributed by atoms with Gasteiger partial charge in [0.15, 0.2) is 0 Å². The van der Waals surface area contributed by atoms with Crippen molar-refractivity contribution in [3.8, 4) is 0 Å². The van der Waals surface area contributed by atoms with E-state index >= 15 is 0 Å². The van der Waals surface area contributed by atoms with Crippen molar-refractivity contribution in [3.05, 3.63) is 11.8 Å². The summed E-state index contributed by atoms with van der Waals surface area (Å²) in [5.74, 6) is 0.811. The Morgan fingerprint density at radius 2 is 2.50 bits per heavy atom. The molecule has 1 aliphatic carbocycles. The van der Waals surface area contributed by atoms with Crippen LogP contribution in [-0.4, -0.2) is 6.21 Å². The van der Waals surface area contributed by atoms with Crippen LogP contribution in [0.15, 0.2) is 10.6 Å². The van der Waals surface area contributed by atoms with Crippen LogP contribution >= 0.6 is 0 Å².